The molecule has 3 rings (SSSR count). The van der Waals surface area contributed by atoms with Gasteiger partial charge in [-0.05, 0) is 41.8 Å². The molecule has 4 nitrogen and oxygen atoms in total. The number of halogens is 1. The van der Waals surface area contributed by atoms with Gasteiger partial charge in [0.2, 0.25) is 5.91 Å². The van der Waals surface area contributed by atoms with Crippen LogP contribution in [0.1, 0.15) is 16.7 Å². The summed E-state index contributed by atoms with van der Waals surface area (Å²) in [6.45, 7) is 1.45. The summed E-state index contributed by atoms with van der Waals surface area (Å²) in [7, 11) is 0. The second-order valence-corrected chi connectivity index (χ2v) is 6.38. The molecule has 0 saturated carbocycles. The van der Waals surface area contributed by atoms with Gasteiger partial charge in [-0.15, -0.1) is 11.8 Å². The molecule has 2 N–H and O–H groups in total. The van der Waals surface area contributed by atoms with Crippen molar-refractivity contribution in [1.29, 1.82) is 0 Å². The molecule has 1 aliphatic heterocycles. The Hall–Kier alpha value is -1.92. The van der Waals surface area contributed by atoms with Gasteiger partial charge in [0.1, 0.15) is 5.82 Å². The van der Waals surface area contributed by atoms with Gasteiger partial charge in [-0.1, -0.05) is 12.1 Å². The number of carbonyl (C=O) groups excluding carboxylic acids is 1. The Morgan fingerprint density at radius 1 is 1.39 bits per heavy atom. The van der Waals surface area contributed by atoms with Gasteiger partial charge in [-0.2, -0.15) is 0 Å². The first-order valence-electron chi connectivity index (χ1n) is 7.51. The largest absolute Gasteiger partial charge is 0.323 e. The van der Waals surface area contributed by atoms with E-state index < -0.39 is 0 Å². The Labute approximate surface area is 138 Å². The number of nitrogens with zero attached hydrogens (tertiary/aromatic N) is 1. The fourth-order valence-corrected chi connectivity index (χ4v) is 3.33. The fourth-order valence-electron chi connectivity index (χ4n) is 2.56. The summed E-state index contributed by atoms with van der Waals surface area (Å²) < 4.78 is 14.4. The average molecular weight is 331 g/mol. The van der Waals surface area contributed by atoms with E-state index in [-0.39, 0.29) is 23.2 Å². The number of aromatic nitrogens is 1. The Morgan fingerprint density at radius 2 is 2.30 bits per heavy atom. The second-order valence-electron chi connectivity index (χ2n) is 5.39. The molecule has 120 valence electrons. The molecule has 1 amide bonds. The molecule has 2 aromatic rings. The summed E-state index contributed by atoms with van der Waals surface area (Å²) in [6.07, 6.45) is 4.15. The molecule has 0 saturated heterocycles. The number of carbonyl (C=O) groups is 1. The summed E-state index contributed by atoms with van der Waals surface area (Å²) >= 11 is 1.48. The van der Waals surface area contributed by atoms with Crippen LogP contribution in [0.25, 0.3) is 0 Å². The van der Waals surface area contributed by atoms with Crippen molar-refractivity contribution in [2.75, 3.05) is 17.6 Å². The molecule has 0 spiro atoms. The molecule has 0 atom stereocenters. The molecule has 0 unspecified atom stereocenters. The number of pyridine rings is 1. The zero-order chi connectivity index (χ0) is 16.1. The van der Waals surface area contributed by atoms with E-state index in [0.29, 0.717) is 24.3 Å². The van der Waals surface area contributed by atoms with Crippen molar-refractivity contribution in [1.82, 2.24) is 10.3 Å². The highest BCUT2D eigenvalue weighted by atomic mass is 32.2. The third kappa shape index (κ3) is 4.09. The first-order chi connectivity index (χ1) is 11.2. The zero-order valence-electron chi connectivity index (χ0n) is 12.6. The minimum atomic E-state index is -0.297. The molecular weight excluding hydrogens is 313 g/mol. The van der Waals surface area contributed by atoms with E-state index in [1.807, 2.05) is 18.2 Å². The maximum absolute atomic E-state index is 14.4. The molecule has 1 aromatic heterocycles. The monoisotopic (exact) mass is 331 g/mol. The zero-order valence-corrected chi connectivity index (χ0v) is 13.5. The number of benzene rings is 1. The number of anilines is 1. The van der Waals surface area contributed by atoms with Crippen molar-refractivity contribution in [3.8, 4) is 0 Å². The van der Waals surface area contributed by atoms with Crippen LogP contribution in [0.4, 0.5) is 10.1 Å². The van der Waals surface area contributed by atoms with Gasteiger partial charge >= 0.3 is 0 Å². The van der Waals surface area contributed by atoms with E-state index in [1.54, 1.807) is 18.5 Å². The molecular formula is C17H18FN3OS. The van der Waals surface area contributed by atoms with Crippen LogP contribution >= 0.6 is 11.8 Å². The van der Waals surface area contributed by atoms with Crippen molar-refractivity contribution in [3.05, 3.63) is 59.2 Å². The minimum Gasteiger partial charge on any atom is -0.323 e. The normalized spacial score (nSPS) is 13.4. The van der Waals surface area contributed by atoms with E-state index in [4.69, 9.17) is 0 Å². The predicted octanol–water partition coefficient (Wildman–Crippen LogP) is 2.74. The molecule has 6 heteroatoms. The standard InChI is InChI=1S/C17H18FN3OS/c18-17-14-5-7-20-9-13(14)3-4-15(17)21-16(22)11-23-10-12-2-1-6-19-8-12/h1-4,6,8,20H,5,7,9-11H2,(H,21,22). The highest BCUT2D eigenvalue weighted by Gasteiger charge is 2.17. The van der Waals surface area contributed by atoms with Crippen molar-refractivity contribution in [2.24, 2.45) is 0 Å². The molecule has 23 heavy (non-hydrogen) atoms. The number of fused-ring (bicyclic) bond motifs is 1. The van der Waals surface area contributed by atoms with Crippen LogP contribution in [0.3, 0.4) is 0 Å². The van der Waals surface area contributed by atoms with Crippen molar-refractivity contribution < 1.29 is 9.18 Å². The number of amides is 1. The molecule has 0 aliphatic carbocycles. The van der Waals surface area contributed by atoms with Crippen LogP contribution in [0, 0.1) is 5.82 Å². The van der Waals surface area contributed by atoms with Crippen LogP contribution < -0.4 is 10.6 Å². The lowest BCUT2D eigenvalue weighted by molar-refractivity contribution is -0.113. The Morgan fingerprint density at radius 3 is 3.13 bits per heavy atom. The van der Waals surface area contributed by atoms with Gasteiger partial charge in [0.05, 0.1) is 11.4 Å². The SMILES string of the molecule is O=C(CSCc1cccnc1)Nc1ccc2c(c1F)CCNC2. The van der Waals surface area contributed by atoms with Crippen LogP contribution in [0.15, 0.2) is 36.7 Å². The quantitative estimate of drug-likeness (QED) is 0.884. The lowest BCUT2D eigenvalue weighted by atomic mass is 9.99. The van der Waals surface area contributed by atoms with Crippen LogP contribution in [-0.2, 0) is 23.5 Å². The summed E-state index contributed by atoms with van der Waals surface area (Å²) in [5, 5.41) is 5.89. The number of thioether (sulfide) groups is 1. The van der Waals surface area contributed by atoms with E-state index in [2.05, 4.69) is 15.6 Å². The summed E-state index contributed by atoms with van der Waals surface area (Å²) in [5.74, 6) is 0.508. The van der Waals surface area contributed by atoms with Gasteiger partial charge in [-0.25, -0.2) is 4.39 Å². The lowest BCUT2D eigenvalue weighted by Gasteiger charge is -2.19. The maximum Gasteiger partial charge on any atom is 0.234 e. The Kier molecular flexibility index (Phi) is 5.25. The maximum atomic E-state index is 14.4. The van der Waals surface area contributed by atoms with E-state index in [0.717, 1.165) is 17.7 Å². The van der Waals surface area contributed by atoms with E-state index in [9.17, 15) is 9.18 Å². The number of rotatable bonds is 5. The predicted molar refractivity (Wildman–Crippen MR) is 90.8 cm³/mol. The van der Waals surface area contributed by atoms with Gasteiger partial charge in [-0.3, -0.25) is 9.78 Å². The first-order valence-corrected chi connectivity index (χ1v) is 8.67. The smallest absolute Gasteiger partial charge is 0.234 e. The second kappa shape index (κ2) is 7.57. The van der Waals surface area contributed by atoms with Gasteiger partial charge in [0.15, 0.2) is 0 Å². The van der Waals surface area contributed by atoms with Crippen LogP contribution in [0.2, 0.25) is 0 Å². The third-order valence-electron chi connectivity index (χ3n) is 3.71. The fraction of sp³-hybridized carbons (Fsp3) is 0.294. The van der Waals surface area contributed by atoms with Gasteiger partial charge < -0.3 is 10.6 Å². The topological polar surface area (TPSA) is 54.0 Å². The number of hydrogen-bond donors (Lipinski definition) is 2. The summed E-state index contributed by atoms with van der Waals surface area (Å²) in [5.41, 5.74) is 3.03. The van der Waals surface area contributed by atoms with Crippen molar-refractivity contribution in [3.63, 3.8) is 0 Å². The van der Waals surface area contributed by atoms with E-state index in [1.165, 1.54) is 11.8 Å². The van der Waals surface area contributed by atoms with Gasteiger partial charge in [0.25, 0.3) is 0 Å². The van der Waals surface area contributed by atoms with E-state index >= 15 is 0 Å². The van der Waals surface area contributed by atoms with Crippen molar-refractivity contribution >= 4 is 23.4 Å². The molecule has 0 fully saturated rings. The Bertz CT molecular complexity index is 694. The molecule has 1 aromatic carbocycles. The van der Waals surface area contributed by atoms with Crippen molar-refractivity contribution in [2.45, 2.75) is 18.7 Å². The molecule has 0 radical (unpaired) electrons. The minimum absolute atomic E-state index is 0.188. The highest BCUT2D eigenvalue weighted by Crippen LogP contribution is 2.24. The molecule has 0 bridgehead atoms. The van der Waals surface area contributed by atoms with Crippen LogP contribution in [0.5, 0.6) is 0 Å². The lowest BCUT2D eigenvalue weighted by Crippen LogP contribution is -2.25. The molecule has 2 heterocycles. The number of nitrogens with one attached hydrogen (secondary N) is 2. The third-order valence-corrected chi connectivity index (χ3v) is 4.71. The summed E-state index contributed by atoms with van der Waals surface area (Å²) in [4.78, 5) is 16.0. The van der Waals surface area contributed by atoms with Gasteiger partial charge in [0, 0.05) is 24.7 Å². The Balaban J connectivity index is 1.56. The van der Waals surface area contributed by atoms with Crippen LogP contribution in [-0.4, -0.2) is 23.2 Å². The highest BCUT2D eigenvalue weighted by molar-refractivity contribution is 7.99. The summed E-state index contributed by atoms with van der Waals surface area (Å²) in [6, 6.07) is 7.36. The number of hydrogen-bond acceptors (Lipinski definition) is 4. The molecule has 1 aliphatic rings. The average Bonchev–Trinajstić information content (AvgIpc) is 2.59. The first kappa shape index (κ1) is 16.0.